The Morgan fingerprint density at radius 3 is 2.35 bits per heavy atom. The number of morpholine rings is 1. The van der Waals surface area contributed by atoms with Crippen LogP contribution in [0, 0.1) is 5.92 Å². The third kappa shape index (κ3) is 3.93. The first-order valence-electron chi connectivity index (χ1n) is 7.29. The van der Waals surface area contributed by atoms with E-state index in [9.17, 15) is 13.2 Å². The number of hydrogen-bond donors (Lipinski definition) is 1. The van der Waals surface area contributed by atoms with Crippen LogP contribution >= 0.6 is 0 Å². The number of nitrogens with zero attached hydrogens (tertiary/aromatic N) is 1. The Labute approximate surface area is 120 Å². The molecule has 0 spiro atoms. The van der Waals surface area contributed by atoms with E-state index in [4.69, 9.17) is 4.74 Å². The van der Waals surface area contributed by atoms with Crippen molar-refractivity contribution in [2.75, 3.05) is 25.4 Å². The van der Waals surface area contributed by atoms with E-state index in [1.54, 1.807) is 0 Å². The number of carbonyl (C=O) groups is 1. The molecule has 20 heavy (non-hydrogen) atoms. The van der Waals surface area contributed by atoms with Crippen molar-refractivity contribution < 1.29 is 17.9 Å². The number of carbonyl (C=O) groups excluding carboxylic acids is 1. The molecule has 1 N–H and O–H groups in total. The fraction of sp³-hybridized carbons (Fsp3) is 0.923. The van der Waals surface area contributed by atoms with E-state index in [-0.39, 0.29) is 36.3 Å². The second kappa shape index (κ2) is 6.41. The van der Waals surface area contributed by atoms with E-state index in [1.807, 2.05) is 13.8 Å². The predicted molar refractivity (Wildman–Crippen MR) is 75.7 cm³/mol. The largest absolute Gasteiger partial charge is 0.373 e. The van der Waals surface area contributed by atoms with Gasteiger partial charge in [-0.15, -0.1) is 0 Å². The van der Waals surface area contributed by atoms with Gasteiger partial charge in [0, 0.05) is 25.6 Å². The Bertz CT molecular complexity index is 437. The molecular formula is C13H24N2O4S. The normalized spacial score (nSPS) is 28.9. The Morgan fingerprint density at radius 2 is 1.85 bits per heavy atom. The van der Waals surface area contributed by atoms with Gasteiger partial charge in [0.1, 0.15) is 0 Å². The van der Waals surface area contributed by atoms with Gasteiger partial charge in [-0.05, 0) is 26.7 Å². The van der Waals surface area contributed by atoms with E-state index in [1.165, 1.54) is 4.31 Å². The van der Waals surface area contributed by atoms with Gasteiger partial charge in [-0.1, -0.05) is 6.42 Å². The standard InChI is InChI=1S/C13H24N2O4S/c1-10-8-15(9-11(2)19-10)20(17,18)7-6-14-13(16)12-4-3-5-12/h10-12H,3-9H2,1-2H3,(H,14,16)/t10-,11+. The van der Waals surface area contributed by atoms with Gasteiger partial charge in [0.05, 0.1) is 18.0 Å². The molecule has 1 aliphatic carbocycles. The summed E-state index contributed by atoms with van der Waals surface area (Å²) < 4.78 is 31.5. The molecule has 116 valence electrons. The molecule has 6 nitrogen and oxygen atoms in total. The molecule has 1 saturated carbocycles. The number of hydrogen-bond acceptors (Lipinski definition) is 4. The quantitative estimate of drug-likeness (QED) is 0.795. The summed E-state index contributed by atoms with van der Waals surface area (Å²) in [5, 5.41) is 2.73. The summed E-state index contributed by atoms with van der Waals surface area (Å²) in [6.07, 6.45) is 2.78. The van der Waals surface area contributed by atoms with Gasteiger partial charge >= 0.3 is 0 Å². The first-order chi connectivity index (χ1) is 9.38. The summed E-state index contributed by atoms with van der Waals surface area (Å²) in [6.45, 7) is 4.72. The fourth-order valence-corrected chi connectivity index (χ4v) is 4.10. The van der Waals surface area contributed by atoms with Gasteiger partial charge < -0.3 is 10.1 Å². The minimum Gasteiger partial charge on any atom is -0.373 e. The van der Waals surface area contributed by atoms with Crippen LogP contribution in [-0.2, 0) is 19.6 Å². The highest BCUT2D eigenvalue weighted by Crippen LogP contribution is 2.26. The van der Waals surface area contributed by atoms with E-state index in [0.29, 0.717) is 13.1 Å². The highest BCUT2D eigenvalue weighted by Gasteiger charge is 2.31. The SMILES string of the molecule is C[C@@H]1CN(S(=O)(=O)CCNC(=O)C2CCC2)C[C@H](C)O1. The zero-order valence-corrected chi connectivity index (χ0v) is 13.0. The molecule has 1 saturated heterocycles. The summed E-state index contributed by atoms with van der Waals surface area (Å²) in [5.74, 6) is 0.0570. The number of amides is 1. The van der Waals surface area contributed by atoms with E-state index >= 15 is 0 Å². The third-order valence-electron chi connectivity index (χ3n) is 3.91. The fourth-order valence-electron chi connectivity index (χ4n) is 2.60. The average molecular weight is 304 g/mol. The highest BCUT2D eigenvalue weighted by atomic mass is 32.2. The van der Waals surface area contributed by atoms with Crippen LogP contribution in [-0.4, -0.2) is 56.2 Å². The van der Waals surface area contributed by atoms with Crippen molar-refractivity contribution in [1.82, 2.24) is 9.62 Å². The summed E-state index contributed by atoms with van der Waals surface area (Å²) in [4.78, 5) is 11.7. The van der Waals surface area contributed by atoms with Gasteiger partial charge in [0.15, 0.2) is 0 Å². The lowest BCUT2D eigenvalue weighted by molar-refractivity contribution is -0.127. The van der Waals surface area contributed by atoms with Gasteiger partial charge in [0.2, 0.25) is 15.9 Å². The molecule has 0 radical (unpaired) electrons. The Hall–Kier alpha value is -0.660. The van der Waals surface area contributed by atoms with Crippen molar-refractivity contribution in [3.8, 4) is 0 Å². The van der Waals surface area contributed by atoms with Crippen LogP contribution in [0.4, 0.5) is 0 Å². The Balaban J connectivity index is 1.79. The molecule has 7 heteroatoms. The highest BCUT2D eigenvalue weighted by molar-refractivity contribution is 7.89. The maximum Gasteiger partial charge on any atom is 0.223 e. The van der Waals surface area contributed by atoms with Gasteiger partial charge in [-0.25, -0.2) is 8.42 Å². The van der Waals surface area contributed by atoms with Crippen molar-refractivity contribution in [3.05, 3.63) is 0 Å². The second-order valence-corrected chi connectivity index (χ2v) is 7.90. The zero-order valence-electron chi connectivity index (χ0n) is 12.2. The first kappa shape index (κ1) is 15.7. The Morgan fingerprint density at radius 1 is 1.25 bits per heavy atom. The van der Waals surface area contributed by atoms with Gasteiger partial charge in [-0.2, -0.15) is 4.31 Å². The minimum absolute atomic E-state index is 0.00448. The van der Waals surface area contributed by atoms with Crippen LogP contribution in [0.15, 0.2) is 0 Å². The maximum absolute atomic E-state index is 12.2. The number of rotatable bonds is 5. The van der Waals surface area contributed by atoms with Crippen LogP contribution in [0.1, 0.15) is 33.1 Å². The van der Waals surface area contributed by atoms with Crippen molar-refractivity contribution in [3.63, 3.8) is 0 Å². The van der Waals surface area contributed by atoms with E-state index in [2.05, 4.69) is 5.32 Å². The molecule has 2 atom stereocenters. The predicted octanol–water partition coefficient (Wildman–Crippen LogP) is 0.342. The molecule has 1 amide bonds. The lowest BCUT2D eigenvalue weighted by atomic mass is 9.85. The average Bonchev–Trinajstić information content (AvgIpc) is 2.24. The summed E-state index contributed by atoms with van der Waals surface area (Å²) in [5.41, 5.74) is 0. The lowest BCUT2D eigenvalue weighted by Gasteiger charge is -2.34. The Kier molecular flexibility index (Phi) is 5.04. The van der Waals surface area contributed by atoms with Gasteiger partial charge in [-0.3, -0.25) is 4.79 Å². The molecule has 1 heterocycles. The maximum atomic E-state index is 12.2. The lowest BCUT2D eigenvalue weighted by Crippen LogP contribution is -2.50. The van der Waals surface area contributed by atoms with E-state index < -0.39 is 10.0 Å². The molecule has 0 aromatic rings. The molecule has 0 unspecified atom stereocenters. The minimum atomic E-state index is -3.32. The topological polar surface area (TPSA) is 75.7 Å². The third-order valence-corrected chi connectivity index (χ3v) is 5.72. The molecule has 1 aliphatic heterocycles. The molecule has 0 aromatic heterocycles. The second-order valence-electron chi connectivity index (χ2n) is 5.81. The first-order valence-corrected chi connectivity index (χ1v) is 8.90. The van der Waals surface area contributed by atoms with Crippen molar-refractivity contribution in [1.29, 1.82) is 0 Å². The number of sulfonamides is 1. The summed E-state index contributed by atoms with van der Waals surface area (Å²) in [7, 11) is -3.32. The molecular weight excluding hydrogens is 280 g/mol. The van der Waals surface area contributed by atoms with Crippen molar-refractivity contribution >= 4 is 15.9 Å². The van der Waals surface area contributed by atoms with Crippen LogP contribution < -0.4 is 5.32 Å². The van der Waals surface area contributed by atoms with Crippen molar-refractivity contribution in [2.45, 2.75) is 45.3 Å². The summed E-state index contributed by atoms with van der Waals surface area (Å²) in [6, 6.07) is 0. The smallest absolute Gasteiger partial charge is 0.223 e. The molecule has 0 bridgehead atoms. The molecule has 2 aliphatic rings. The molecule has 0 aromatic carbocycles. The van der Waals surface area contributed by atoms with Crippen LogP contribution in [0.25, 0.3) is 0 Å². The van der Waals surface area contributed by atoms with Crippen LogP contribution in [0.3, 0.4) is 0 Å². The molecule has 2 fully saturated rings. The van der Waals surface area contributed by atoms with Crippen LogP contribution in [0.5, 0.6) is 0 Å². The zero-order chi connectivity index (χ0) is 14.8. The van der Waals surface area contributed by atoms with Crippen molar-refractivity contribution in [2.24, 2.45) is 5.92 Å². The molecule has 2 rings (SSSR count). The monoisotopic (exact) mass is 304 g/mol. The van der Waals surface area contributed by atoms with Gasteiger partial charge in [0.25, 0.3) is 0 Å². The number of nitrogens with one attached hydrogen (secondary N) is 1. The van der Waals surface area contributed by atoms with Crippen LogP contribution in [0.2, 0.25) is 0 Å². The van der Waals surface area contributed by atoms with E-state index in [0.717, 1.165) is 19.3 Å². The number of ether oxygens (including phenoxy) is 1. The summed E-state index contributed by atoms with van der Waals surface area (Å²) >= 11 is 0.